The Balaban J connectivity index is 1.45. The van der Waals surface area contributed by atoms with Gasteiger partial charge in [-0.05, 0) is 39.9 Å². The quantitative estimate of drug-likeness (QED) is 0.0892. The minimum Gasteiger partial charge on any atom is -0.490 e. The monoisotopic (exact) mass is 690 g/mol. The molecule has 0 saturated heterocycles. The van der Waals surface area contributed by atoms with E-state index in [9.17, 15) is 14.2 Å². The van der Waals surface area contributed by atoms with Crippen LogP contribution in [0.4, 0.5) is 0 Å². The lowest BCUT2D eigenvalue weighted by Gasteiger charge is -2.23. The van der Waals surface area contributed by atoms with Crippen LogP contribution in [0.3, 0.4) is 0 Å². The second-order valence-electron chi connectivity index (χ2n) is 10.4. The smallest absolute Gasteiger partial charge is 0.490 e. The molecular weight excluding hydrogens is 654 g/mol. The number of hydrogen-bond donors (Lipinski definition) is 1. The Kier molecular flexibility index (Phi) is 12.6. The van der Waals surface area contributed by atoms with Gasteiger partial charge in [0.05, 0.1) is 40.1 Å². The molecule has 10 nitrogen and oxygen atoms in total. The van der Waals surface area contributed by atoms with Crippen molar-refractivity contribution in [2.45, 2.75) is 33.0 Å². The van der Waals surface area contributed by atoms with Gasteiger partial charge in [-0.25, -0.2) is 9.13 Å². The maximum absolute atomic E-state index is 14.2. The van der Waals surface area contributed by atoms with E-state index in [-0.39, 0.29) is 49.2 Å². The number of phosphoric ester groups is 2. The number of methoxy groups -OCH3 is 1. The molecule has 0 spiro atoms. The third-order valence-electron chi connectivity index (χ3n) is 6.82. The highest BCUT2D eigenvalue weighted by atomic mass is 31.2. The fourth-order valence-electron chi connectivity index (χ4n) is 4.39. The molecule has 5 rings (SSSR count). The van der Waals surface area contributed by atoms with Gasteiger partial charge in [0.2, 0.25) is 5.75 Å². The first-order chi connectivity index (χ1) is 23.4. The number of ether oxygens (including phenoxy) is 1. The maximum Gasteiger partial charge on any atom is 0.530 e. The Morgan fingerprint density at radius 3 is 1.02 bits per heavy atom. The molecule has 0 aliphatic heterocycles. The summed E-state index contributed by atoms with van der Waals surface area (Å²) in [4.78, 5) is 0. The maximum atomic E-state index is 14.2. The van der Waals surface area contributed by atoms with Gasteiger partial charge < -0.3 is 18.9 Å². The number of aliphatic hydroxyl groups is 1. The summed E-state index contributed by atoms with van der Waals surface area (Å²) in [5.74, 6) is -0.409. The van der Waals surface area contributed by atoms with Crippen molar-refractivity contribution in [3.05, 3.63) is 161 Å². The van der Waals surface area contributed by atoms with Gasteiger partial charge >= 0.3 is 15.6 Å². The van der Waals surface area contributed by atoms with Crippen LogP contribution in [-0.2, 0) is 60.3 Å². The molecular formula is C36H36O10P2. The SMILES string of the molecule is COc1c(OP(=O)(OCc2ccccc2)OCc2ccccc2)cc(CO)cc1OP(=O)(OCc1ccccc1)OCc1ccccc1. The highest BCUT2D eigenvalue weighted by Gasteiger charge is 2.35. The summed E-state index contributed by atoms with van der Waals surface area (Å²) < 4.78 is 69.0. The van der Waals surface area contributed by atoms with Gasteiger partial charge in [-0.3, -0.25) is 18.1 Å². The van der Waals surface area contributed by atoms with Crippen LogP contribution >= 0.6 is 15.6 Å². The molecule has 0 heterocycles. The average molecular weight is 691 g/mol. The molecule has 0 bridgehead atoms. The molecule has 0 aromatic heterocycles. The molecule has 5 aromatic rings. The summed E-state index contributed by atoms with van der Waals surface area (Å²) in [7, 11) is -7.41. The van der Waals surface area contributed by atoms with Gasteiger partial charge in [-0.1, -0.05) is 121 Å². The summed E-state index contributed by atoms with van der Waals surface area (Å²) in [6.45, 7) is -0.832. The molecule has 0 saturated carbocycles. The number of aliphatic hydroxyl groups excluding tert-OH is 1. The fraction of sp³-hybridized carbons (Fsp3) is 0.167. The normalized spacial score (nSPS) is 11.6. The molecule has 12 heteroatoms. The molecule has 5 aromatic carbocycles. The first-order valence-corrected chi connectivity index (χ1v) is 17.9. The number of hydrogen-bond acceptors (Lipinski definition) is 10. The fourth-order valence-corrected chi connectivity index (χ4v) is 6.73. The van der Waals surface area contributed by atoms with Crippen molar-refractivity contribution in [1.29, 1.82) is 0 Å². The summed E-state index contributed by atoms with van der Waals surface area (Å²) in [5, 5.41) is 10.1. The molecule has 0 aliphatic carbocycles. The van der Waals surface area contributed by atoms with E-state index >= 15 is 0 Å². The van der Waals surface area contributed by atoms with Gasteiger partial charge in [-0.15, -0.1) is 0 Å². The standard InChI is InChI=1S/C36H36O10P2/c1-40-36-34(45-47(38,41-25-29-14-6-2-7-15-29)42-26-30-16-8-3-9-17-30)22-33(24-37)23-35(36)46-48(39,43-27-31-18-10-4-11-19-31)44-28-32-20-12-5-13-21-32/h2-23,37H,24-28H2,1H3. The van der Waals surface area contributed by atoms with Gasteiger partial charge in [0, 0.05) is 0 Å². The van der Waals surface area contributed by atoms with E-state index in [1.165, 1.54) is 19.2 Å². The van der Waals surface area contributed by atoms with Crippen LogP contribution in [0.5, 0.6) is 17.2 Å². The second kappa shape index (κ2) is 17.2. The number of rotatable bonds is 18. The third-order valence-corrected chi connectivity index (χ3v) is 9.44. The zero-order valence-electron chi connectivity index (χ0n) is 26.3. The minimum atomic E-state index is -4.37. The van der Waals surface area contributed by atoms with Gasteiger partial charge in [0.15, 0.2) is 11.5 Å². The van der Waals surface area contributed by atoms with E-state index in [2.05, 4.69) is 0 Å². The second-order valence-corrected chi connectivity index (χ2v) is 13.6. The largest absolute Gasteiger partial charge is 0.530 e. The van der Waals surface area contributed by atoms with E-state index in [0.717, 1.165) is 22.3 Å². The molecule has 0 unspecified atom stereocenters. The zero-order valence-corrected chi connectivity index (χ0v) is 28.0. The van der Waals surface area contributed by atoms with Crippen molar-refractivity contribution in [2.75, 3.05) is 7.11 Å². The van der Waals surface area contributed by atoms with Crippen molar-refractivity contribution in [2.24, 2.45) is 0 Å². The van der Waals surface area contributed by atoms with Crippen LogP contribution in [0.15, 0.2) is 133 Å². The first-order valence-electron chi connectivity index (χ1n) is 15.0. The predicted molar refractivity (Wildman–Crippen MR) is 180 cm³/mol. The number of phosphoric acid groups is 2. The summed E-state index contributed by atoms with van der Waals surface area (Å²) >= 11 is 0. The average Bonchev–Trinajstić information content (AvgIpc) is 3.13. The molecule has 0 amide bonds. The lowest BCUT2D eigenvalue weighted by molar-refractivity contribution is 0.139. The molecule has 1 N–H and O–H groups in total. The molecule has 0 aliphatic rings. The molecule has 0 fully saturated rings. The van der Waals surface area contributed by atoms with Crippen LogP contribution in [0.1, 0.15) is 27.8 Å². The van der Waals surface area contributed by atoms with Crippen molar-refractivity contribution in [1.82, 2.24) is 0 Å². The lowest BCUT2D eigenvalue weighted by atomic mass is 10.2. The molecule has 48 heavy (non-hydrogen) atoms. The first kappa shape index (κ1) is 35.1. The molecule has 250 valence electrons. The van der Waals surface area contributed by atoms with Gasteiger partial charge in [0.1, 0.15) is 0 Å². The highest BCUT2D eigenvalue weighted by Crippen LogP contribution is 2.58. The van der Waals surface area contributed by atoms with Crippen LogP contribution in [0.2, 0.25) is 0 Å². The Morgan fingerprint density at radius 2 is 0.771 bits per heavy atom. The van der Waals surface area contributed by atoms with E-state index < -0.39 is 22.3 Å². The molecule has 0 radical (unpaired) electrons. The van der Waals surface area contributed by atoms with Crippen LogP contribution in [0, 0.1) is 0 Å². The summed E-state index contributed by atoms with van der Waals surface area (Å²) in [6, 6.07) is 39.3. The Bertz CT molecular complexity index is 1580. The Hall–Kier alpha value is -4.24. The zero-order chi connectivity index (χ0) is 33.7. The van der Waals surface area contributed by atoms with Crippen molar-refractivity contribution in [3.8, 4) is 17.2 Å². The highest BCUT2D eigenvalue weighted by molar-refractivity contribution is 7.49. The van der Waals surface area contributed by atoms with Crippen molar-refractivity contribution < 1.29 is 46.1 Å². The number of benzene rings is 5. The summed E-state index contributed by atoms with van der Waals surface area (Å²) in [5.41, 5.74) is 3.19. The van der Waals surface area contributed by atoms with E-state index in [0.29, 0.717) is 0 Å². The Labute approximate surface area is 280 Å². The van der Waals surface area contributed by atoms with Crippen molar-refractivity contribution >= 4 is 15.6 Å². The van der Waals surface area contributed by atoms with Gasteiger partial charge in [-0.2, -0.15) is 0 Å². The van der Waals surface area contributed by atoms with Crippen LogP contribution < -0.4 is 13.8 Å². The predicted octanol–water partition coefficient (Wildman–Crippen LogP) is 9.03. The minimum absolute atomic E-state index is 0.0892. The third kappa shape index (κ3) is 10.4. The summed E-state index contributed by atoms with van der Waals surface area (Å²) in [6.07, 6.45) is 0. The topological polar surface area (TPSA) is 119 Å². The van der Waals surface area contributed by atoms with E-state index in [1.54, 1.807) is 0 Å². The lowest BCUT2D eigenvalue weighted by Crippen LogP contribution is -2.07. The van der Waals surface area contributed by atoms with E-state index in [4.69, 9.17) is 31.9 Å². The van der Waals surface area contributed by atoms with Crippen molar-refractivity contribution in [3.63, 3.8) is 0 Å². The van der Waals surface area contributed by atoms with Gasteiger partial charge in [0.25, 0.3) is 0 Å². The van der Waals surface area contributed by atoms with Crippen LogP contribution in [0.25, 0.3) is 0 Å². The molecule has 0 atom stereocenters. The Morgan fingerprint density at radius 1 is 0.479 bits per heavy atom. The van der Waals surface area contributed by atoms with Crippen LogP contribution in [-0.4, -0.2) is 12.2 Å². The van der Waals surface area contributed by atoms with E-state index in [1.807, 2.05) is 121 Å².